The fraction of sp³-hybridized carbons (Fsp3) is 0.900. The zero-order valence-corrected chi connectivity index (χ0v) is 9.16. The monoisotopic (exact) mass is 200 g/mol. The molecule has 0 saturated carbocycles. The van der Waals surface area contributed by atoms with E-state index < -0.39 is 0 Å². The highest BCUT2D eigenvalue weighted by molar-refractivity contribution is 5.71. The summed E-state index contributed by atoms with van der Waals surface area (Å²) in [7, 11) is 1.44. The van der Waals surface area contributed by atoms with Gasteiger partial charge in [-0.25, -0.2) is 0 Å². The van der Waals surface area contributed by atoms with E-state index in [1.165, 1.54) is 20.1 Å². The van der Waals surface area contributed by atoms with E-state index in [2.05, 4.69) is 21.5 Å². The largest absolute Gasteiger partial charge is 0.468 e. The van der Waals surface area contributed by atoms with Crippen LogP contribution in [0.25, 0.3) is 0 Å². The molecule has 1 aliphatic rings. The van der Waals surface area contributed by atoms with Crippen LogP contribution in [-0.4, -0.2) is 62.1 Å². The highest BCUT2D eigenvalue weighted by Crippen LogP contribution is 2.02. The second kappa shape index (κ2) is 5.98. The van der Waals surface area contributed by atoms with Crippen molar-refractivity contribution in [2.45, 2.75) is 13.3 Å². The third kappa shape index (κ3) is 3.64. The number of hydrogen-bond acceptors (Lipinski definition) is 4. The van der Waals surface area contributed by atoms with Gasteiger partial charge in [0, 0.05) is 26.2 Å². The third-order valence-corrected chi connectivity index (χ3v) is 2.59. The Kier molecular flexibility index (Phi) is 4.90. The molecule has 0 aromatic carbocycles. The molecule has 0 radical (unpaired) electrons. The fourth-order valence-corrected chi connectivity index (χ4v) is 1.73. The molecule has 0 amide bonds. The molecule has 1 heterocycles. The van der Waals surface area contributed by atoms with Gasteiger partial charge in [0.15, 0.2) is 0 Å². The van der Waals surface area contributed by atoms with Gasteiger partial charge in [0.2, 0.25) is 0 Å². The lowest BCUT2D eigenvalue weighted by Crippen LogP contribution is -2.48. The average molecular weight is 200 g/mol. The summed E-state index contributed by atoms with van der Waals surface area (Å²) in [5, 5.41) is 0. The number of rotatable bonds is 4. The minimum Gasteiger partial charge on any atom is -0.468 e. The summed E-state index contributed by atoms with van der Waals surface area (Å²) in [4.78, 5) is 15.6. The van der Waals surface area contributed by atoms with E-state index in [1.54, 1.807) is 0 Å². The van der Waals surface area contributed by atoms with Crippen LogP contribution in [-0.2, 0) is 9.53 Å². The number of carbonyl (C=O) groups is 1. The van der Waals surface area contributed by atoms with Crippen molar-refractivity contribution >= 4 is 5.97 Å². The van der Waals surface area contributed by atoms with Gasteiger partial charge in [0.25, 0.3) is 0 Å². The Morgan fingerprint density at radius 3 is 2.29 bits per heavy atom. The van der Waals surface area contributed by atoms with Crippen LogP contribution >= 0.6 is 0 Å². The first kappa shape index (κ1) is 11.5. The molecule has 1 saturated heterocycles. The Morgan fingerprint density at radius 2 is 1.79 bits per heavy atom. The molecule has 0 bridgehead atoms. The van der Waals surface area contributed by atoms with Crippen molar-refractivity contribution in [3.8, 4) is 0 Å². The topological polar surface area (TPSA) is 32.8 Å². The molecular formula is C10H20N2O2. The summed E-state index contributed by atoms with van der Waals surface area (Å²) >= 11 is 0. The molecule has 0 spiro atoms. The van der Waals surface area contributed by atoms with Crippen LogP contribution in [0.4, 0.5) is 0 Å². The highest BCUT2D eigenvalue weighted by atomic mass is 16.5. The van der Waals surface area contributed by atoms with Crippen LogP contribution in [0, 0.1) is 0 Å². The van der Waals surface area contributed by atoms with Crippen molar-refractivity contribution < 1.29 is 9.53 Å². The smallest absolute Gasteiger partial charge is 0.319 e. The predicted molar refractivity (Wildman–Crippen MR) is 55.2 cm³/mol. The zero-order valence-electron chi connectivity index (χ0n) is 9.16. The van der Waals surface area contributed by atoms with Crippen molar-refractivity contribution in [2.75, 3.05) is 46.4 Å². The van der Waals surface area contributed by atoms with E-state index in [0.29, 0.717) is 6.54 Å². The number of methoxy groups -OCH3 is 1. The Hall–Kier alpha value is -0.610. The standard InChI is InChI=1S/C10H20N2O2/c1-3-4-11-5-7-12(8-6-11)9-10(13)14-2/h3-9H2,1-2H3. The summed E-state index contributed by atoms with van der Waals surface area (Å²) in [5.41, 5.74) is 0. The van der Waals surface area contributed by atoms with Crippen LogP contribution in [0.3, 0.4) is 0 Å². The zero-order chi connectivity index (χ0) is 10.4. The van der Waals surface area contributed by atoms with Gasteiger partial charge in [-0.3, -0.25) is 9.69 Å². The van der Waals surface area contributed by atoms with Gasteiger partial charge in [-0.05, 0) is 13.0 Å². The van der Waals surface area contributed by atoms with Crippen molar-refractivity contribution in [1.29, 1.82) is 0 Å². The van der Waals surface area contributed by atoms with E-state index in [9.17, 15) is 4.79 Å². The van der Waals surface area contributed by atoms with E-state index in [-0.39, 0.29) is 5.97 Å². The molecular weight excluding hydrogens is 180 g/mol. The van der Waals surface area contributed by atoms with Gasteiger partial charge >= 0.3 is 5.97 Å². The highest BCUT2D eigenvalue weighted by Gasteiger charge is 2.17. The molecule has 82 valence electrons. The molecule has 1 aliphatic heterocycles. The fourth-order valence-electron chi connectivity index (χ4n) is 1.73. The van der Waals surface area contributed by atoms with E-state index in [1.807, 2.05) is 0 Å². The first-order chi connectivity index (χ1) is 6.76. The summed E-state index contributed by atoms with van der Waals surface area (Å²) in [6.45, 7) is 7.92. The van der Waals surface area contributed by atoms with Crippen molar-refractivity contribution in [2.24, 2.45) is 0 Å². The van der Waals surface area contributed by atoms with Crippen LogP contribution in [0.1, 0.15) is 13.3 Å². The molecule has 0 atom stereocenters. The predicted octanol–water partition coefficient (Wildman–Crippen LogP) is 0.187. The summed E-state index contributed by atoms with van der Waals surface area (Å²) in [6, 6.07) is 0. The van der Waals surface area contributed by atoms with Crippen LogP contribution in [0.5, 0.6) is 0 Å². The number of piperazine rings is 1. The van der Waals surface area contributed by atoms with E-state index in [4.69, 9.17) is 0 Å². The number of esters is 1. The van der Waals surface area contributed by atoms with Crippen LogP contribution in [0.2, 0.25) is 0 Å². The number of nitrogens with zero attached hydrogens (tertiary/aromatic N) is 2. The maximum atomic E-state index is 11.0. The van der Waals surface area contributed by atoms with Crippen molar-refractivity contribution in [1.82, 2.24) is 9.80 Å². The van der Waals surface area contributed by atoms with Gasteiger partial charge in [-0.2, -0.15) is 0 Å². The number of ether oxygens (including phenoxy) is 1. The van der Waals surface area contributed by atoms with Crippen LogP contribution < -0.4 is 0 Å². The normalized spacial score (nSPS) is 19.6. The molecule has 0 aliphatic carbocycles. The first-order valence-corrected chi connectivity index (χ1v) is 5.27. The number of hydrogen-bond donors (Lipinski definition) is 0. The second-order valence-corrected chi connectivity index (χ2v) is 3.69. The Labute approximate surface area is 85.8 Å². The second-order valence-electron chi connectivity index (χ2n) is 3.69. The summed E-state index contributed by atoms with van der Waals surface area (Å²) < 4.78 is 4.63. The Balaban J connectivity index is 2.18. The SMILES string of the molecule is CCCN1CCN(CC(=O)OC)CC1. The first-order valence-electron chi connectivity index (χ1n) is 5.27. The van der Waals surface area contributed by atoms with Gasteiger partial charge in [0.1, 0.15) is 0 Å². The molecule has 0 unspecified atom stereocenters. The summed E-state index contributed by atoms with van der Waals surface area (Å²) in [6.07, 6.45) is 1.21. The summed E-state index contributed by atoms with van der Waals surface area (Å²) in [5.74, 6) is -0.131. The molecule has 0 N–H and O–H groups in total. The van der Waals surface area contributed by atoms with Gasteiger partial charge in [-0.15, -0.1) is 0 Å². The molecule has 0 aromatic heterocycles. The minimum atomic E-state index is -0.131. The maximum absolute atomic E-state index is 11.0. The Morgan fingerprint density at radius 1 is 1.21 bits per heavy atom. The third-order valence-electron chi connectivity index (χ3n) is 2.59. The van der Waals surface area contributed by atoms with E-state index in [0.717, 1.165) is 26.2 Å². The lowest BCUT2D eigenvalue weighted by Gasteiger charge is -2.33. The van der Waals surface area contributed by atoms with Crippen LogP contribution in [0.15, 0.2) is 0 Å². The van der Waals surface area contributed by atoms with Gasteiger partial charge < -0.3 is 9.64 Å². The molecule has 0 aromatic rings. The average Bonchev–Trinajstić information content (AvgIpc) is 2.21. The van der Waals surface area contributed by atoms with Gasteiger partial charge in [-0.1, -0.05) is 6.92 Å². The quantitative estimate of drug-likeness (QED) is 0.606. The molecule has 1 rings (SSSR count). The molecule has 1 fully saturated rings. The lowest BCUT2D eigenvalue weighted by molar-refractivity contribution is -0.142. The molecule has 4 nitrogen and oxygen atoms in total. The van der Waals surface area contributed by atoms with E-state index >= 15 is 0 Å². The molecule has 14 heavy (non-hydrogen) atoms. The Bertz CT molecular complexity index is 177. The maximum Gasteiger partial charge on any atom is 0.319 e. The van der Waals surface area contributed by atoms with Gasteiger partial charge in [0.05, 0.1) is 13.7 Å². The minimum absolute atomic E-state index is 0.131. The van der Waals surface area contributed by atoms with Crippen molar-refractivity contribution in [3.63, 3.8) is 0 Å². The molecule has 4 heteroatoms. The van der Waals surface area contributed by atoms with Crippen molar-refractivity contribution in [3.05, 3.63) is 0 Å². The number of carbonyl (C=O) groups excluding carboxylic acids is 1. The lowest BCUT2D eigenvalue weighted by atomic mass is 10.3.